The topological polar surface area (TPSA) is 104 Å². The number of ether oxygens (including phenoxy) is 3. The van der Waals surface area contributed by atoms with Crippen LogP contribution >= 0.6 is 0 Å². The van der Waals surface area contributed by atoms with Gasteiger partial charge in [0.1, 0.15) is 13.2 Å². The normalized spacial score (nSPS) is 21.8. The molecule has 1 atom stereocenters. The fourth-order valence-corrected chi connectivity index (χ4v) is 5.23. The second-order valence-electron chi connectivity index (χ2n) is 7.97. The van der Waals surface area contributed by atoms with E-state index < -0.39 is 10.0 Å². The van der Waals surface area contributed by atoms with Gasteiger partial charge >= 0.3 is 0 Å². The third-order valence-corrected chi connectivity index (χ3v) is 7.52. The van der Waals surface area contributed by atoms with Crippen molar-refractivity contribution >= 4 is 10.0 Å². The SMILES string of the molecule is O=S(=O)(c1ccc2c(c1)OCCO2)N1CCC(c2nc(CCOCC3CC3)no2)C1. The minimum Gasteiger partial charge on any atom is -0.486 e. The van der Waals surface area contributed by atoms with Crippen LogP contribution in [0.3, 0.4) is 0 Å². The van der Waals surface area contributed by atoms with E-state index in [0.29, 0.717) is 69.0 Å². The Morgan fingerprint density at radius 1 is 1.13 bits per heavy atom. The molecule has 2 aromatic rings. The smallest absolute Gasteiger partial charge is 0.243 e. The van der Waals surface area contributed by atoms with Crippen LogP contribution in [0.1, 0.15) is 36.9 Å². The van der Waals surface area contributed by atoms with Crippen LogP contribution in [0.5, 0.6) is 11.5 Å². The number of hydrogen-bond donors (Lipinski definition) is 0. The van der Waals surface area contributed by atoms with E-state index in [1.54, 1.807) is 12.1 Å². The molecule has 1 saturated carbocycles. The Hall–Kier alpha value is -2.17. The maximum absolute atomic E-state index is 13.1. The van der Waals surface area contributed by atoms with Gasteiger partial charge in [0, 0.05) is 32.2 Å². The molecule has 1 aliphatic carbocycles. The highest BCUT2D eigenvalue weighted by Gasteiger charge is 2.36. The molecule has 1 aromatic heterocycles. The van der Waals surface area contributed by atoms with Crippen molar-refractivity contribution in [1.82, 2.24) is 14.4 Å². The fraction of sp³-hybridized carbons (Fsp3) is 0.600. The molecule has 10 heteroatoms. The van der Waals surface area contributed by atoms with Crippen molar-refractivity contribution in [3.8, 4) is 11.5 Å². The zero-order valence-corrected chi connectivity index (χ0v) is 17.5. The lowest BCUT2D eigenvalue weighted by atomic mass is 10.1. The summed E-state index contributed by atoms with van der Waals surface area (Å²) in [6.07, 6.45) is 3.77. The van der Waals surface area contributed by atoms with E-state index >= 15 is 0 Å². The molecule has 30 heavy (non-hydrogen) atoms. The Balaban J connectivity index is 1.21. The Bertz CT molecular complexity index is 1000. The highest BCUT2D eigenvalue weighted by Crippen LogP contribution is 2.35. The van der Waals surface area contributed by atoms with E-state index in [1.807, 2.05) is 0 Å². The van der Waals surface area contributed by atoms with Crippen LogP contribution in [0.15, 0.2) is 27.6 Å². The van der Waals surface area contributed by atoms with Crippen molar-refractivity contribution < 1.29 is 27.2 Å². The monoisotopic (exact) mass is 435 g/mol. The first-order chi connectivity index (χ1) is 14.6. The molecule has 162 valence electrons. The van der Waals surface area contributed by atoms with Gasteiger partial charge in [-0.05, 0) is 37.3 Å². The number of benzene rings is 1. The molecule has 0 amide bonds. The van der Waals surface area contributed by atoms with Gasteiger partial charge in [0.2, 0.25) is 15.9 Å². The number of fused-ring (bicyclic) bond motifs is 1. The Kier molecular flexibility index (Phi) is 5.38. The van der Waals surface area contributed by atoms with Crippen LogP contribution < -0.4 is 9.47 Å². The molecule has 2 fully saturated rings. The first-order valence-electron chi connectivity index (χ1n) is 10.4. The van der Waals surface area contributed by atoms with E-state index in [1.165, 1.54) is 23.2 Å². The quantitative estimate of drug-likeness (QED) is 0.580. The van der Waals surface area contributed by atoms with Gasteiger partial charge in [-0.2, -0.15) is 9.29 Å². The number of sulfonamides is 1. The van der Waals surface area contributed by atoms with Crippen molar-refractivity contribution in [2.24, 2.45) is 5.92 Å². The summed E-state index contributed by atoms with van der Waals surface area (Å²) in [6, 6.07) is 4.73. The molecule has 0 radical (unpaired) electrons. The van der Waals surface area contributed by atoms with Gasteiger partial charge in [0.25, 0.3) is 0 Å². The molecule has 3 heterocycles. The molecule has 2 aliphatic heterocycles. The zero-order valence-electron chi connectivity index (χ0n) is 16.7. The number of nitrogens with zero attached hydrogens (tertiary/aromatic N) is 3. The van der Waals surface area contributed by atoms with Crippen LogP contribution in [0, 0.1) is 5.92 Å². The van der Waals surface area contributed by atoms with E-state index in [4.69, 9.17) is 18.7 Å². The molecule has 1 aromatic carbocycles. The molecule has 0 spiro atoms. The third-order valence-electron chi connectivity index (χ3n) is 5.66. The number of aromatic nitrogens is 2. The number of hydrogen-bond acceptors (Lipinski definition) is 8. The molecule has 0 N–H and O–H groups in total. The van der Waals surface area contributed by atoms with Crippen LogP contribution in [-0.2, 0) is 21.2 Å². The zero-order chi connectivity index (χ0) is 20.6. The summed E-state index contributed by atoms with van der Waals surface area (Å²) in [5, 5.41) is 4.02. The average molecular weight is 436 g/mol. The third kappa shape index (κ3) is 4.17. The highest BCUT2D eigenvalue weighted by molar-refractivity contribution is 7.89. The molecule has 0 bridgehead atoms. The van der Waals surface area contributed by atoms with Crippen molar-refractivity contribution in [1.29, 1.82) is 0 Å². The summed E-state index contributed by atoms with van der Waals surface area (Å²) >= 11 is 0. The number of rotatable bonds is 8. The first kappa shape index (κ1) is 19.8. The highest BCUT2D eigenvalue weighted by atomic mass is 32.2. The second kappa shape index (κ2) is 8.16. The summed E-state index contributed by atoms with van der Waals surface area (Å²) in [5.41, 5.74) is 0. The minimum absolute atomic E-state index is 0.106. The van der Waals surface area contributed by atoms with Gasteiger partial charge in [-0.3, -0.25) is 0 Å². The lowest BCUT2D eigenvalue weighted by Gasteiger charge is -2.20. The largest absolute Gasteiger partial charge is 0.486 e. The van der Waals surface area contributed by atoms with Gasteiger partial charge in [-0.1, -0.05) is 5.16 Å². The molecule has 9 nitrogen and oxygen atoms in total. The predicted octanol–water partition coefficient (Wildman–Crippen LogP) is 1.99. The molecule has 3 aliphatic rings. The molecule has 5 rings (SSSR count). The maximum atomic E-state index is 13.1. The van der Waals surface area contributed by atoms with Crippen molar-refractivity contribution in [2.75, 3.05) is 39.5 Å². The molecule has 1 saturated heterocycles. The second-order valence-corrected chi connectivity index (χ2v) is 9.91. The van der Waals surface area contributed by atoms with Gasteiger partial charge in [-0.15, -0.1) is 0 Å². The summed E-state index contributed by atoms with van der Waals surface area (Å²) in [7, 11) is -3.64. The molecular weight excluding hydrogens is 410 g/mol. The minimum atomic E-state index is -3.64. The Morgan fingerprint density at radius 3 is 2.80 bits per heavy atom. The molecular formula is C20H25N3O6S. The van der Waals surface area contributed by atoms with E-state index in [2.05, 4.69) is 10.1 Å². The predicted molar refractivity (Wildman–Crippen MR) is 105 cm³/mol. The lowest BCUT2D eigenvalue weighted by molar-refractivity contribution is 0.125. The van der Waals surface area contributed by atoms with Crippen molar-refractivity contribution in [3.63, 3.8) is 0 Å². The van der Waals surface area contributed by atoms with Crippen LogP contribution in [0.2, 0.25) is 0 Å². The fourth-order valence-electron chi connectivity index (χ4n) is 3.71. The van der Waals surface area contributed by atoms with Gasteiger partial charge in [0.15, 0.2) is 17.3 Å². The molecule has 1 unspecified atom stereocenters. The lowest BCUT2D eigenvalue weighted by Crippen LogP contribution is -2.29. The van der Waals surface area contributed by atoms with Crippen LogP contribution in [0.25, 0.3) is 0 Å². The van der Waals surface area contributed by atoms with Gasteiger partial charge < -0.3 is 18.7 Å². The van der Waals surface area contributed by atoms with Crippen LogP contribution in [0.4, 0.5) is 0 Å². The van der Waals surface area contributed by atoms with Gasteiger partial charge in [0.05, 0.1) is 17.4 Å². The Labute approximate surface area is 175 Å². The van der Waals surface area contributed by atoms with E-state index in [-0.39, 0.29) is 10.8 Å². The summed E-state index contributed by atoms with van der Waals surface area (Å²) < 4.78 is 49.6. The summed E-state index contributed by atoms with van der Waals surface area (Å²) in [4.78, 5) is 4.66. The standard InChI is InChI=1S/C20H25N3O6S/c24-30(25,16-3-4-17-18(11-16)28-10-9-27-17)23-7-5-15(12-23)20-21-19(22-29-20)6-8-26-13-14-1-2-14/h3-4,11,14-15H,1-2,5-10,12-13H2. The first-order valence-corrected chi connectivity index (χ1v) is 11.8. The van der Waals surface area contributed by atoms with Gasteiger partial charge in [-0.25, -0.2) is 8.42 Å². The van der Waals surface area contributed by atoms with E-state index in [0.717, 1.165) is 12.5 Å². The van der Waals surface area contributed by atoms with Crippen LogP contribution in [-0.4, -0.2) is 62.4 Å². The van der Waals surface area contributed by atoms with Crippen molar-refractivity contribution in [2.45, 2.75) is 36.5 Å². The summed E-state index contributed by atoms with van der Waals surface area (Å²) in [5.74, 6) is 2.75. The summed E-state index contributed by atoms with van der Waals surface area (Å²) in [6.45, 7) is 2.98. The van der Waals surface area contributed by atoms with Crippen molar-refractivity contribution in [3.05, 3.63) is 29.9 Å². The Morgan fingerprint density at radius 2 is 1.97 bits per heavy atom. The van der Waals surface area contributed by atoms with E-state index in [9.17, 15) is 8.42 Å². The maximum Gasteiger partial charge on any atom is 0.243 e. The average Bonchev–Trinajstić information content (AvgIpc) is 3.24.